The monoisotopic (exact) mass is 593 g/mol. The fourth-order valence-corrected chi connectivity index (χ4v) is 2.06. The van der Waals surface area contributed by atoms with Crippen molar-refractivity contribution in [3.63, 3.8) is 0 Å². The SMILES string of the molecule is [O-][Cl+3]([O-])([O-])[O-].[O-][Cl+3]([O-])([O-])[O-].[OH3+].[Zn+2].c1ccc(-c2ccccn2)nc1.c1ccc(-c2ccccn2)nc1. The van der Waals surface area contributed by atoms with E-state index in [-0.39, 0.29) is 25.0 Å². The third kappa shape index (κ3) is 20.8. The predicted octanol–water partition coefficient (Wildman–Crippen LogP) is -6.15. The van der Waals surface area contributed by atoms with E-state index in [0.29, 0.717) is 0 Å². The Morgan fingerprint density at radius 1 is 0.389 bits per heavy atom. The van der Waals surface area contributed by atoms with Crippen molar-refractivity contribution < 1.29 is 82.7 Å². The number of nitrogens with zero attached hydrogens (tertiary/aromatic N) is 4. The molecule has 188 valence electrons. The van der Waals surface area contributed by atoms with E-state index in [1.54, 1.807) is 24.8 Å². The van der Waals surface area contributed by atoms with Gasteiger partial charge in [0.1, 0.15) is 0 Å². The number of aromatic nitrogens is 4. The molecule has 4 aromatic heterocycles. The second kappa shape index (κ2) is 18.7. The van der Waals surface area contributed by atoms with Crippen LogP contribution in [0, 0.1) is 20.5 Å². The minimum absolute atomic E-state index is 0. The Morgan fingerprint density at radius 3 is 0.667 bits per heavy atom. The molecule has 3 N–H and O–H groups in total. The number of pyridine rings is 4. The first kappa shape index (κ1) is 35.6. The van der Waals surface area contributed by atoms with Gasteiger partial charge in [-0.3, -0.25) is 19.9 Å². The molecule has 0 amide bonds. The van der Waals surface area contributed by atoms with Gasteiger partial charge in [-0.1, -0.05) is 24.3 Å². The molecule has 0 aromatic carbocycles. The molecule has 16 heteroatoms. The van der Waals surface area contributed by atoms with Crippen molar-refractivity contribution in [1.82, 2.24) is 19.9 Å². The van der Waals surface area contributed by atoms with Crippen LogP contribution in [-0.2, 0) is 25.0 Å². The summed E-state index contributed by atoms with van der Waals surface area (Å²) in [6.07, 6.45) is 7.07. The first-order valence-electron chi connectivity index (χ1n) is 8.82. The van der Waals surface area contributed by atoms with E-state index in [9.17, 15) is 0 Å². The van der Waals surface area contributed by atoms with E-state index in [1.165, 1.54) is 0 Å². The van der Waals surface area contributed by atoms with Crippen LogP contribution in [0.2, 0.25) is 0 Å². The minimum atomic E-state index is -4.94. The van der Waals surface area contributed by atoms with Gasteiger partial charge in [0.05, 0.1) is 22.8 Å². The van der Waals surface area contributed by atoms with E-state index in [2.05, 4.69) is 19.9 Å². The molecule has 0 spiro atoms. The second-order valence-electron chi connectivity index (χ2n) is 5.62. The largest absolute Gasteiger partial charge is 2.00 e. The molecule has 0 saturated heterocycles. The normalized spacial score (nSPS) is 9.78. The maximum absolute atomic E-state index is 8.49. The molecular formula is C20H19Cl2N4O9Zn+. The van der Waals surface area contributed by atoms with Gasteiger partial charge in [0.15, 0.2) is 0 Å². The third-order valence-electron chi connectivity index (χ3n) is 3.18. The topological polar surface area (TPSA) is 269 Å². The summed E-state index contributed by atoms with van der Waals surface area (Å²) in [6.45, 7) is 0. The van der Waals surface area contributed by atoms with Crippen molar-refractivity contribution in [2.24, 2.45) is 0 Å². The van der Waals surface area contributed by atoms with Gasteiger partial charge in [-0.2, -0.15) is 0 Å². The fourth-order valence-electron chi connectivity index (χ4n) is 2.06. The summed E-state index contributed by atoms with van der Waals surface area (Å²) in [4.78, 5) is 16.7. The Kier molecular flexibility index (Phi) is 18.5. The van der Waals surface area contributed by atoms with Gasteiger partial charge >= 0.3 is 19.5 Å². The molecule has 0 bridgehead atoms. The van der Waals surface area contributed by atoms with Gasteiger partial charge < -0.3 is 5.48 Å². The first-order chi connectivity index (χ1) is 15.9. The summed E-state index contributed by atoms with van der Waals surface area (Å²) in [6, 6.07) is 23.2. The van der Waals surface area contributed by atoms with E-state index in [1.807, 2.05) is 72.8 Å². The Balaban J connectivity index is 0. The van der Waals surface area contributed by atoms with Gasteiger partial charge in [0.2, 0.25) is 0 Å². The molecule has 0 unspecified atom stereocenters. The molecule has 0 atom stereocenters. The van der Waals surface area contributed by atoms with Crippen LogP contribution >= 0.6 is 0 Å². The van der Waals surface area contributed by atoms with E-state index in [4.69, 9.17) is 37.3 Å². The Hall–Kier alpha value is -2.56. The molecule has 0 aliphatic carbocycles. The number of halogens is 2. The fraction of sp³-hybridized carbons (Fsp3) is 0. The molecule has 13 nitrogen and oxygen atoms in total. The van der Waals surface area contributed by atoms with Crippen LogP contribution in [0.5, 0.6) is 0 Å². The first-order valence-corrected chi connectivity index (χ1v) is 11.3. The summed E-state index contributed by atoms with van der Waals surface area (Å²) < 4.78 is 67.9. The summed E-state index contributed by atoms with van der Waals surface area (Å²) >= 11 is 0. The van der Waals surface area contributed by atoms with Crippen LogP contribution in [0.25, 0.3) is 22.8 Å². The van der Waals surface area contributed by atoms with E-state index >= 15 is 0 Å². The zero-order valence-electron chi connectivity index (χ0n) is 18.3. The average Bonchev–Trinajstić information content (AvgIpc) is 2.80. The Morgan fingerprint density at radius 2 is 0.556 bits per heavy atom. The van der Waals surface area contributed by atoms with E-state index in [0.717, 1.165) is 22.8 Å². The molecule has 4 aromatic rings. The zero-order valence-corrected chi connectivity index (χ0v) is 22.8. The summed E-state index contributed by atoms with van der Waals surface area (Å²) in [5.41, 5.74) is 3.66. The third-order valence-corrected chi connectivity index (χ3v) is 3.18. The van der Waals surface area contributed by atoms with Gasteiger partial charge in [-0.25, -0.2) is 37.3 Å². The van der Waals surface area contributed by atoms with Crippen LogP contribution in [0.15, 0.2) is 97.6 Å². The van der Waals surface area contributed by atoms with Crippen molar-refractivity contribution >= 4 is 0 Å². The molecule has 0 radical (unpaired) electrons. The number of hydrogen-bond donors (Lipinski definition) is 0. The predicted molar refractivity (Wildman–Crippen MR) is 99.8 cm³/mol. The van der Waals surface area contributed by atoms with Crippen molar-refractivity contribution in [3.8, 4) is 22.8 Å². The van der Waals surface area contributed by atoms with Crippen LogP contribution in [0.4, 0.5) is 0 Å². The number of rotatable bonds is 2. The van der Waals surface area contributed by atoms with Crippen LogP contribution in [0.3, 0.4) is 0 Å². The quantitative estimate of drug-likeness (QED) is 0.155. The van der Waals surface area contributed by atoms with Crippen molar-refractivity contribution in [2.75, 3.05) is 0 Å². The van der Waals surface area contributed by atoms with E-state index < -0.39 is 20.5 Å². The maximum Gasteiger partial charge on any atom is 2.00 e. The smallest absolute Gasteiger partial charge is 0.457 e. The van der Waals surface area contributed by atoms with Gasteiger partial charge in [-0.05, 0) is 48.5 Å². The second-order valence-corrected chi connectivity index (χ2v) is 7.13. The number of hydrogen-bond acceptors (Lipinski definition) is 12. The van der Waals surface area contributed by atoms with Gasteiger partial charge in [0.25, 0.3) is 0 Å². The summed E-state index contributed by atoms with van der Waals surface area (Å²) in [5.74, 6) is 0. The average molecular weight is 596 g/mol. The molecule has 36 heavy (non-hydrogen) atoms. The Labute approximate surface area is 222 Å². The van der Waals surface area contributed by atoms with Gasteiger partial charge in [-0.15, -0.1) is 20.5 Å². The molecule has 0 saturated carbocycles. The van der Waals surface area contributed by atoms with Crippen LogP contribution in [-0.4, -0.2) is 19.9 Å². The molecule has 4 heterocycles. The molecule has 0 aliphatic rings. The molecule has 0 aliphatic heterocycles. The minimum Gasteiger partial charge on any atom is -0.457 e. The van der Waals surface area contributed by atoms with Crippen molar-refractivity contribution in [1.29, 1.82) is 0 Å². The Bertz CT molecular complexity index is 875. The maximum atomic E-state index is 8.49. The standard InChI is InChI=1S/2C10H8N2.2ClHO4.H2O.Zn/c2*1-3-7-11-9(5-1)10-6-2-4-8-12-10;2*2-1(3,4)5;;/h2*1-8H;2*(H,2,3,4,5);1H2;/q;;;;;+2/p-1. The summed E-state index contributed by atoms with van der Waals surface area (Å²) in [5, 5.41) is 0. The van der Waals surface area contributed by atoms with Gasteiger partial charge in [0, 0.05) is 24.8 Å². The van der Waals surface area contributed by atoms with Crippen molar-refractivity contribution in [2.45, 2.75) is 0 Å². The zero-order chi connectivity index (χ0) is 25.5. The van der Waals surface area contributed by atoms with Crippen LogP contribution < -0.4 is 37.3 Å². The van der Waals surface area contributed by atoms with Crippen LogP contribution in [0.1, 0.15) is 0 Å². The molecule has 0 fully saturated rings. The van der Waals surface area contributed by atoms with Crippen molar-refractivity contribution in [3.05, 3.63) is 97.6 Å². The molecule has 4 rings (SSSR count). The summed E-state index contributed by atoms with van der Waals surface area (Å²) in [7, 11) is -9.89. The molecular weight excluding hydrogens is 577 g/mol.